The van der Waals surface area contributed by atoms with Gasteiger partial charge in [-0.25, -0.2) is 9.97 Å². The number of rotatable bonds is 6. The van der Waals surface area contributed by atoms with E-state index < -0.39 is 19.5 Å². The largest absolute Gasteiger partial charge is 0.427 e. The summed E-state index contributed by atoms with van der Waals surface area (Å²) in [5.74, 6) is 0.0338. The molecule has 1 aromatic heterocycles. The Bertz CT molecular complexity index is 897. The van der Waals surface area contributed by atoms with Crippen molar-refractivity contribution in [3.05, 3.63) is 36.7 Å². The van der Waals surface area contributed by atoms with Crippen LogP contribution in [0.2, 0.25) is 11.1 Å². The van der Waals surface area contributed by atoms with E-state index in [1.54, 1.807) is 57.4 Å². The minimum Gasteiger partial charge on any atom is -0.427 e. The van der Waals surface area contributed by atoms with E-state index in [-0.39, 0.29) is 17.1 Å². The molecule has 162 valence electrons. The summed E-state index contributed by atoms with van der Waals surface area (Å²) in [6, 6.07) is 7.03. The molecule has 0 fully saturated rings. The first-order valence-electron chi connectivity index (χ1n) is 10.2. The summed E-state index contributed by atoms with van der Waals surface area (Å²) >= 11 is 0. The van der Waals surface area contributed by atoms with Crippen LogP contribution in [0.15, 0.2) is 36.7 Å². The molecule has 6 nitrogen and oxygen atoms in total. The Hall–Kier alpha value is -2.54. The predicted octanol–water partition coefficient (Wildman–Crippen LogP) is 3.74. The van der Waals surface area contributed by atoms with Crippen LogP contribution < -0.4 is 20.1 Å². The Morgan fingerprint density at radius 3 is 1.83 bits per heavy atom. The molecule has 0 aliphatic carbocycles. The van der Waals surface area contributed by atoms with Crippen LogP contribution in [-0.4, -0.2) is 30.0 Å². The van der Waals surface area contributed by atoms with E-state index in [9.17, 15) is 9.59 Å². The van der Waals surface area contributed by atoms with Gasteiger partial charge in [0.2, 0.25) is 0 Å². The molecule has 0 aliphatic rings. The van der Waals surface area contributed by atoms with E-state index in [1.165, 1.54) is 6.92 Å². The molecule has 0 unspecified atom stereocenters. The smallest absolute Gasteiger partial charge is 0.316 e. The van der Waals surface area contributed by atoms with Crippen molar-refractivity contribution in [2.45, 2.75) is 66.5 Å². The molecule has 1 aromatic carbocycles. The molecule has 0 saturated heterocycles. The molecule has 0 saturated carbocycles. The summed E-state index contributed by atoms with van der Waals surface area (Å²) in [6.45, 7) is 15.3. The Kier molecular flexibility index (Phi) is 7.18. The number of esters is 2. The highest BCUT2D eigenvalue weighted by Gasteiger charge is 2.50. The van der Waals surface area contributed by atoms with Crippen LogP contribution in [0.5, 0.6) is 11.5 Å². The standard InChI is InChI=1S/C23H32N2O4Si/c1-15(2)30(16(3)4,22-24-13-10-14-25-22)20-18(28-17(5)26)11-9-12-19(20)29-21(27)23(6,7)8/h9-16H,1-8H3. The van der Waals surface area contributed by atoms with E-state index in [4.69, 9.17) is 9.47 Å². The van der Waals surface area contributed by atoms with Crippen LogP contribution in [0.4, 0.5) is 0 Å². The first-order valence-corrected chi connectivity index (χ1v) is 12.4. The number of hydrogen-bond acceptors (Lipinski definition) is 6. The maximum atomic E-state index is 12.8. The predicted molar refractivity (Wildman–Crippen MR) is 120 cm³/mol. The highest BCUT2D eigenvalue weighted by molar-refractivity contribution is 7.04. The van der Waals surface area contributed by atoms with Gasteiger partial charge in [0.05, 0.1) is 5.41 Å². The monoisotopic (exact) mass is 428 g/mol. The SMILES string of the molecule is CC(=O)Oc1cccc(OC(=O)C(C)(C)C)c1[Si](c1ncccn1)(C(C)C)C(C)C. The van der Waals surface area contributed by atoms with Gasteiger partial charge in [0, 0.05) is 24.5 Å². The van der Waals surface area contributed by atoms with Gasteiger partial charge in [-0.2, -0.15) is 0 Å². The molecule has 2 aromatic rings. The van der Waals surface area contributed by atoms with Crippen LogP contribution in [-0.2, 0) is 9.59 Å². The molecule has 0 atom stereocenters. The second-order valence-electron chi connectivity index (χ2n) is 9.11. The highest BCUT2D eigenvalue weighted by Crippen LogP contribution is 2.37. The number of carbonyl (C=O) groups excluding carboxylic acids is 2. The fourth-order valence-corrected chi connectivity index (χ4v) is 9.29. The van der Waals surface area contributed by atoms with Crippen LogP contribution in [0.3, 0.4) is 0 Å². The molecule has 30 heavy (non-hydrogen) atoms. The zero-order chi connectivity index (χ0) is 22.7. The third-order valence-electron chi connectivity index (χ3n) is 5.23. The van der Waals surface area contributed by atoms with Crippen LogP contribution in [0.1, 0.15) is 55.4 Å². The van der Waals surface area contributed by atoms with Crippen molar-refractivity contribution in [3.8, 4) is 11.5 Å². The second-order valence-corrected chi connectivity index (χ2v) is 14.1. The summed E-state index contributed by atoms with van der Waals surface area (Å²) in [6.07, 6.45) is 3.45. The van der Waals surface area contributed by atoms with E-state index in [2.05, 4.69) is 37.7 Å². The van der Waals surface area contributed by atoms with Gasteiger partial charge in [-0.1, -0.05) is 33.8 Å². The molecule has 2 rings (SSSR count). The van der Waals surface area contributed by atoms with Crippen molar-refractivity contribution in [2.24, 2.45) is 5.41 Å². The van der Waals surface area contributed by atoms with Crippen molar-refractivity contribution in [2.75, 3.05) is 0 Å². The Balaban J connectivity index is 2.90. The Morgan fingerprint density at radius 1 is 0.900 bits per heavy atom. The average Bonchev–Trinajstić information content (AvgIpc) is 2.63. The molecule has 0 N–H and O–H groups in total. The molecule has 0 bridgehead atoms. The van der Waals surface area contributed by atoms with Crippen molar-refractivity contribution < 1.29 is 19.1 Å². The van der Waals surface area contributed by atoms with Gasteiger partial charge in [-0.15, -0.1) is 0 Å². The number of nitrogens with zero attached hydrogens (tertiary/aromatic N) is 2. The van der Waals surface area contributed by atoms with E-state index in [0.717, 1.165) is 10.6 Å². The number of hydrogen-bond donors (Lipinski definition) is 0. The van der Waals surface area contributed by atoms with Crippen molar-refractivity contribution in [3.63, 3.8) is 0 Å². The number of benzene rings is 1. The minimum absolute atomic E-state index is 0.142. The first-order chi connectivity index (χ1) is 13.9. The number of aromatic nitrogens is 2. The Morgan fingerprint density at radius 2 is 1.40 bits per heavy atom. The molecular weight excluding hydrogens is 396 g/mol. The van der Waals surface area contributed by atoms with E-state index >= 15 is 0 Å². The fraction of sp³-hybridized carbons (Fsp3) is 0.478. The summed E-state index contributed by atoms with van der Waals surface area (Å²) < 4.78 is 11.5. The first kappa shape index (κ1) is 23.7. The lowest BCUT2D eigenvalue weighted by Crippen LogP contribution is -2.65. The number of ether oxygens (including phenoxy) is 2. The van der Waals surface area contributed by atoms with Gasteiger partial charge in [-0.3, -0.25) is 9.59 Å². The van der Waals surface area contributed by atoms with Gasteiger partial charge < -0.3 is 9.47 Å². The maximum absolute atomic E-state index is 12.8. The number of carbonyl (C=O) groups is 2. The van der Waals surface area contributed by atoms with E-state index in [0.29, 0.717) is 11.5 Å². The maximum Gasteiger partial charge on any atom is 0.316 e. The summed E-state index contributed by atoms with van der Waals surface area (Å²) in [7, 11) is -2.76. The summed E-state index contributed by atoms with van der Waals surface area (Å²) in [4.78, 5) is 34.0. The third-order valence-corrected chi connectivity index (χ3v) is 11.2. The zero-order valence-electron chi connectivity index (χ0n) is 19.1. The molecule has 0 aliphatic heterocycles. The molecule has 7 heteroatoms. The van der Waals surface area contributed by atoms with Crippen molar-refractivity contribution in [1.82, 2.24) is 9.97 Å². The molecule has 1 heterocycles. The average molecular weight is 429 g/mol. The molecule has 0 amide bonds. The quantitative estimate of drug-likeness (QED) is 0.396. The fourth-order valence-electron chi connectivity index (χ4n) is 3.88. The Labute approximate surface area is 180 Å². The molecule has 0 radical (unpaired) electrons. The van der Waals surface area contributed by atoms with Crippen LogP contribution in [0.25, 0.3) is 0 Å². The lowest BCUT2D eigenvalue weighted by atomic mass is 9.97. The lowest BCUT2D eigenvalue weighted by Gasteiger charge is -2.39. The molecular formula is C23H32N2O4Si. The van der Waals surface area contributed by atoms with E-state index in [1.807, 2.05) is 0 Å². The van der Waals surface area contributed by atoms with Gasteiger partial charge in [0.25, 0.3) is 0 Å². The van der Waals surface area contributed by atoms with Gasteiger partial charge >= 0.3 is 11.9 Å². The summed E-state index contributed by atoms with van der Waals surface area (Å²) in [5.41, 5.74) is 0.327. The third kappa shape index (κ3) is 4.61. The molecule has 0 spiro atoms. The normalized spacial score (nSPS) is 12.2. The van der Waals surface area contributed by atoms with Gasteiger partial charge in [0.1, 0.15) is 16.9 Å². The van der Waals surface area contributed by atoms with Crippen LogP contribution >= 0.6 is 0 Å². The van der Waals surface area contributed by atoms with Gasteiger partial charge in [-0.05, 0) is 50.1 Å². The topological polar surface area (TPSA) is 78.4 Å². The van der Waals surface area contributed by atoms with Crippen LogP contribution in [0, 0.1) is 5.41 Å². The van der Waals surface area contributed by atoms with Crippen molar-refractivity contribution >= 4 is 30.6 Å². The summed E-state index contributed by atoms with van der Waals surface area (Å²) in [5, 5.41) is 0.744. The zero-order valence-corrected chi connectivity index (χ0v) is 20.1. The minimum atomic E-state index is -2.76. The van der Waals surface area contributed by atoms with Gasteiger partial charge in [0.15, 0.2) is 8.07 Å². The highest BCUT2D eigenvalue weighted by atomic mass is 28.3. The lowest BCUT2D eigenvalue weighted by molar-refractivity contribution is -0.142. The van der Waals surface area contributed by atoms with Crippen molar-refractivity contribution in [1.29, 1.82) is 0 Å². The second kappa shape index (κ2) is 9.08.